The van der Waals surface area contributed by atoms with Crippen molar-refractivity contribution in [1.82, 2.24) is 9.55 Å². The summed E-state index contributed by atoms with van der Waals surface area (Å²) in [6.07, 6.45) is 2.99. The monoisotopic (exact) mass is 621 g/mol. The van der Waals surface area contributed by atoms with E-state index in [4.69, 9.17) is 16.3 Å². The lowest BCUT2D eigenvalue weighted by Crippen LogP contribution is -2.27. The number of nitrogens with one attached hydrogen (secondary N) is 1. The van der Waals surface area contributed by atoms with E-state index in [0.717, 1.165) is 6.07 Å². The summed E-state index contributed by atoms with van der Waals surface area (Å²) in [5.74, 6) is -1.76. The Kier molecular flexibility index (Phi) is 7.75. The second-order valence-electron chi connectivity index (χ2n) is 7.39. The predicted molar refractivity (Wildman–Crippen MR) is 138 cm³/mol. The first-order valence-corrected chi connectivity index (χ1v) is 11.8. The molecule has 0 aliphatic carbocycles. The highest BCUT2D eigenvalue weighted by molar-refractivity contribution is 14.1. The lowest BCUT2D eigenvalue weighted by atomic mass is 10.0. The van der Waals surface area contributed by atoms with Crippen LogP contribution in [0.25, 0.3) is 5.69 Å². The number of benzene rings is 2. The van der Waals surface area contributed by atoms with E-state index in [-0.39, 0.29) is 34.3 Å². The molecule has 2 aromatic heterocycles. The largest absolute Gasteiger partial charge is 0.453 e. The molecular weight excluding hydrogens is 607 g/mol. The van der Waals surface area contributed by atoms with Crippen LogP contribution < -0.4 is 15.6 Å². The predicted octanol–water partition coefficient (Wildman–Crippen LogP) is 5.55. The van der Waals surface area contributed by atoms with E-state index >= 15 is 0 Å². The van der Waals surface area contributed by atoms with Crippen LogP contribution in [-0.2, 0) is 11.2 Å². The lowest BCUT2D eigenvalue weighted by molar-refractivity contribution is -0.105. The van der Waals surface area contributed by atoms with Crippen molar-refractivity contribution < 1.29 is 23.1 Å². The molecule has 0 atom stereocenters. The fourth-order valence-corrected chi connectivity index (χ4v) is 4.26. The number of ether oxygens (including phenoxy) is 1. The number of ketones is 1. The lowest BCUT2D eigenvalue weighted by Gasteiger charge is -2.12. The molecule has 0 saturated carbocycles. The number of carbonyl (C=O) groups excluding carboxylic acids is 2. The number of pyridine rings is 2. The van der Waals surface area contributed by atoms with E-state index in [0.29, 0.717) is 21.2 Å². The normalized spacial score (nSPS) is 10.7. The Balaban J connectivity index is 1.57. The third-order valence-electron chi connectivity index (χ3n) is 5.06. The van der Waals surface area contributed by atoms with Gasteiger partial charge in [-0.3, -0.25) is 19.0 Å². The third-order valence-corrected chi connectivity index (χ3v) is 6.32. The standard InChI is InChI=1S/C25H15ClF2IN3O4/c26-23-21(7-9-30-24(23)31-13-33)36-20-6-1-14(11-17(20)28)12-19(34)22-18(29)8-10-32(25(22)35)16-4-2-15(27)3-5-16/h1-11,13H,12H2,(H,30,31,33). The number of halogens is 4. The maximum Gasteiger partial charge on any atom is 0.267 e. The van der Waals surface area contributed by atoms with Gasteiger partial charge in [0, 0.05) is 34.1 Å². The van der Waals surface area contributed by atoms with Crippen LogP contribution in [0, 0.1) is 15.2 Å². The molecule has 0 radical (unpaired) electrons. The maximum atomic E-state index is 14.8. The number of amides is 1. The molecule has 2 aromatic carbocycles. The fraction of sp³-hybridized carbons (Fsp3) is 0.0400. The smallest absolute Gasteiger partial charge is 0.267 e. The first-order valence-electron chi connectivity index (χ1n) is 10.3. The van der Waals surface area contributed by atoms with Crippen LogP contribution in [0.5, 0.6) is 11.5 Å². The molecule has 0 bridgehead atoms. The quantitative estimate of drug-likeness (QED) is 0.158. The minimum Gasteiger partial charge on any atom is -0.453 e. The van der Waals surface area contributed by atoms with Gasteiger partial charge in [0.15, 0.2) is 28.9 Å². The summed E-state index contributed by atoms with van der Waals surface area (Å²) in [4.78, 5) is 40.6. The molecule has 4 aromatic rings. The van der Waals surface area contributed by atoms with Gasteiger partial charge < -0.3 is 10.1 Å². The minimum absolute atomic E-state index is 0.0145. The Bertz CT molecular complexity index is 1530. The average molecular weight is 622 g/mol. The molecule has 7 nitrogen and oxygen atoms in total. The Morgan fingerprint density at radius 1 is 1.11 bits per heavy atom. The number of nitrogens with zero attached hydrogens (tertiary/aromatic N) is 2. The molecule has 0 aliphatic rings. The van der Waals surface area contributed by atoms with Crippen molar-refractivity contribution in [3.05, 3.63) is 109 Å². The first kappa shape index (κ1) is 25.5. The number of rotatable bonds is 8. The second-order valence-corrected chi connectivity index (χ2v) is 8.93. The van der Waals surface area contributed by atoms with Crippen LogP contribution >= 0.6 is 34.2 Å². The second kappa shape index (κ2) is 11.0. The van der Waals surface area contributed by atoms with E-state index in [1.165, 1.54) is 59.4 Å². The number of aromatic nitrogens is 2. The summed E-state index contributed by atoms with van der Waals surface area (Å²) in [5, 5.41) is 2.29. The summed E-state index contributed by atoms with van der Waals surface area (Å²) in [5.41, 5.74) is 0.106. The van der Waals surface area contributed by atoms with Crippen LogP contribution in [0.3, 0.4) is 0 Å². The number of hydrogen-bond donors (Lipinski definition) is 1. The molecular formula is C25H15ClF2IN3O4. The van der Waals surface area contributed by atoms with E-state index < -0.39 is 23.0 Å². The fourth-order valence-electron chi connectivity index (χ4n) is 3.36. The van der Waals surface area contributed by atoms with Crippen LogP contribution in [0.1, 0.15) is 15.9 Å². The highest BCUT2D eigenvalue weighted by atomic mass is 127. The molecule has 182 valence electrons. The molecule has 36 heavy (non-hydrogen) atoms. The van der Waals surface area contributed by atoms with Gasteiger partial charge in [0.05, 0.1) is 5.56 Å². The topological polar surface area (TPSA) is 90.3 Å². The molecule has 0 saturated heterocycles. The number of Topliss-reactive ketones (excluding diaryl/α,β-unsaturated/α-hetero) is 1. The van der Waals surface area contributed by atoms with Crippen LogP contribution in [0.15, 0.2) is 71.8 Å². The molecule has 1 N–H and O–H groups in total. The van der Waals surface area contributed by atoms with Crippen molar-refractivity contribution in [3.8, 4) is 17.2 Å². The zero-order valence-electron chi connectivity index (χ0n) is 18.2. The molecule has 0 aliphatic heterocycles. The molecule has 2 heterocycles. The zero-order valence-corrected chi connectivity index (χ0v) is 21.1. The minimum atomic E-state index is -0.760. The van der Waals surface area contributed by atoms with E-state index in [2.05, 4.69) is 10.3 Å². The summed E-state index contributed by atoms with van der Waals surface area (Å²) in [7, 11) is 0. The summed E-state index contributed by atoms with van der Waals surface area (Å²) < 4.78 is 35.2. The molecule has 0 spiro atoms. The Hall–Kier alpha value is -3.64. The van der Waals surface area contributed by atoms with Gasteiger partial charge >= 0.3 is 0 Å². The van der Waals surface area contributed by atoms with E-state index in [1.54, 1.807) is 6.07 Å². The van der Waals surface area contributed by atoms with Crippen molar-refractivity contribution in [3.63, 3.8) is 0 Å². The van der Waals surface area contributed by atoms with Gasteiger partial charge in [-0.25, -0.2) is 13.8 Å². The van der Waals surface area contributed by atoms with Gasteiger partial charge in [-0.2, -0.15) is 0 Å². The summed E-state index contributed by atoms with van der Waals surface area (Å²) in [6, 6.07) is 12.2. The van der Waals surface area contributed by atoms with Gasteiger partial charge in [0.2, 0.25) is 6.41 Å². The van der Waals surface area contributed by atoms with Gasteiger partial charge in [-0.15, -0.1) is 0 Å². The van der Waals surface area contributed by atoms with E-state index in [1.807, 2.05) is 22.6 Å². The molecule has 1 amide bonds. The average Bonchev–Trinajstić information content (AvgIpc) is 2.84. The number of carbonyl (C=O) groups is 2. The molecule has 0 unspecified atom stereocenters. The van der Waals surface area contributed by atoms with Gasteiger partial charge in [-0.1, -0.05) is 17.7 Å². The number of anilines is 1. The first-order chi connectivity index (χ1) is 17.3. The van der Waals surface area contributed by atoms with Crippen molar-refractivity contribution in [1.29, 1.82) is 0 Å². The van der Waals surface area contributed by atoms with Gasteiger partial charge in [0.25, 0.3) is 5.56 Å². The summed E-state index contributed by atoms with van der Waals surface area (Å²) >= 11 is 8.01. The van der Waals surface area contributed by atoms with Crippen LogP contribution in [0.4, 0.5) is 14.6 Å². The maximum absolute atomic E-state index is 14.8. The van der Waals surface area contributed by atoms with Crippen LogP contribution in [0.2, 0.25) is 5.02 Å². The van der Waals surface area contributed by atoms with Crippen molar-refractivity contribution in [2.75, 3.05) is 5.32 Å². The molecule has 4 rings (SSSR count). The highest BCUT2D eigenvalue weighted by Gasteiger charge is 2.19. The Labute approximate surface area is 221 Å². The van der Waals surface area contributed by atoms with Crippen molar-refractivity contribution in [2.24, 2.45) is 0 Å². The number of hydrogen-bond acceptors (Lipinski definition) is 5. The van der Waals surface area contributed by atoms with Gasteiger partial charge in [-0.05, 0) is 70.6 Å². The molecule has 0 fully saturated rings. The van der Waals surface area contributed by atoms with Gasteiger partial charge in [0.1, 0.15) is 10.8 Å². The van der Waals surface area contributed by atoms with Crippen molar-refractivity contribution in [2.45, 2.75) is 6.42 Å². The molecule has 11 heteroatoms. The van der Waals surface area contributed by atoms with Crippen LogP contribution in [-0.4, -0.2) is 21.7 Å². The SMILES string of the molecule is O=CNc1nccc(Oc2ccc(CC(=O)c3c(I)ccn(-c4ccc(F)cc4)c3=O)cc2F)c1Cl. The third kappa shape index (κ3) is 5.44. The highest BCUT2D eigenvalue weighted by Crippen LogP contribution is 2.34. The zero-order chi connectivity index (χ0) is 25.8. The van der Waals surface area contributed by atoms with E-state index in [9.17, 15) is 23.2 Å². The Morgan fingerprint density at radius 2 is 1.86 bits per heavy atom. The Morgan fingerprint density at radius 3 is 2.56 bits per heavy atom. The summed E-state index contributed by atoms with van der Waals surface area (Å²) in [6.45, 7) is 0. The van der Waals surface area contributed by atoms with Crippen molar-refractivity contribution >= 4 is 52.2 Å².